The molecule has 8 heteroatoms. The molecular weight excluding hydrogens is 294 g/mol. The van der Waals surface area contributed by atoms with E-state index in [-0.39, 0.29) is 0 Å². The molecule has 3 rings (SSSR count). The van der Waals surface area contributed by atoms with Gasteiger partial charge in [-0.1, -0.05) is 12.1 Å². The Morgan fingerprint density at radius 1 is 1.14 bits per heavy atom. The Hall–Kier alpha value is -2.13. The number of hydrogen-bond acceptors (Lipinski definition) is 6. The number of aliphatic hydroxyl groups excluding tert-OH is 3. The fourth-order valence-electron chi connectivity index (χ4n) is 2.42. The van der Waals surface area contributed by atoms with Gasteiger partial charge in [0.05, 0.1) is 0 Å². The van der Waals surface area contributed by atoms with Crippen LogP contribution in [0.15, 0.2) is 30.5 Å². The summed E-state index contributed by atoms with van der Waals surface area (Å²) in [5, 5.41) is 39.0. The molecule has 2 heterocycles. The van der Waals surface area contributed by atoms with Gasteiger partial charge in [0.2, 0.25) is 6.29 Å². The van der Waals surface area contributed by atoms with E-state index in [1.54, 1.807) is 12.1 Å². The minimum absolute atomic E-state index is 0.340. The van der Waals surface area contributed by atoms with Gasteiger partial charge in [0.1, 0.15) is 24.1 Å². The Labute approximate surface area is 124 Å². The van der Waals surface area contributed by atoms with Gasteiger partial charge in [-0.05, 0) is 12.1 Å². The number of ether oxygens (including phenoxy) is 2. The third kappa shape index (κ3) is 2.42. The molecule has 5 atom stereocenters. The first-order valence-electron chi connectivity index (χ1n) is 6.64. The van der Waals surface area contributed by atoms with Gasteiger partial charge < -0.3 is 34.9 Å². The molecule has 1 fully saturated rings. The first-order valence-corrected chi connectivity index (χ1v) is 6.64. The van der Waals surface area contributed by atoms with Crippen LogP contribution in [0, 0.1) is 0 Å². The molecule has 22 heavy (non-hydrogen) atoms. The minimum Gasteiger partial charge on any atom is -0.479 e. The molecule has 0 bridgehead atoms. The van der Waals surface area contributed by atoms with E-state index in [2.05, 4.69) is 4.98 Å². The number of aliphatic carboxylic acids is 1. The number of hydrogen-bond donors (Lipinski definition) is 5. The van der Waals surface area contributed by atoms with Gasteiger partial charge in [0, 0.05) is 17.1 Å². The van der Waals surface area contributed by atoms with Crippen molar-refractivity contribution in [3.8, 4) is 5.75 Å². The number of aromatic amines is 1. The smallest absolute Gasteiger partial charge is 0.335 e. The van der Waals surface area contributed by atoms with E-state index in [1.165, 1.54) is 6.20 Å². The van der Waals surface area contributed by atoms with E-state index < -0.39 is 36.7 Å². The lowest BCUT2D eigenvalue weighted by molar-refractivity contribution is -0.270. The number of nitrogens with one attached hydrogen (secondary N) is 1. The van der Waals surface area contributed by atoms with E-state index in [4.69, 9.17) is 14.6 Å². The molecule has 0 radical (unpaired) electrons. The third-order valence-electron chi connectivity index (χ3n) is 3.61. The number of fused-ring (bicyclic) bond motifs is 1. The van der Waals surface area contributed by atoms with Crippen LogP contribution < -0.4 is 4.74 Å². The summed E-state index contributed by atoms with van der Waals surface area (Å²) in [6, 6.07) is 7.21. The van der Waals surface area contributed by atoms with Gasteiger partial charge in [-0.15, -0.1) is 0 Å². The van der Waals surface area contributed by atoms with Crippen molar-refractivity contribution in [3.63, 3.8) is 0 Å². The summed E-state index contributed by atoms with van der Waals surface area (Å²) in [6.45, 7) is 0. The zero-order chi connectivity index (χ0) is 15.9. The Morgan fingerprint density at radius 2 is 1.86 bits per heavy atom. The van der Waals surface area contributed by atoms with Crippen molar-refractivity contribution in [1.82, 2.24) is 4.98 Å². The Morgan fingerprint density at radius 3 is 2.59 bits per heavy atom. The van der Waals surface area contributed by atoms with Crippen molar-refractivity contribution in [3.05, 3.63) is 30.5 Å². The van der Waals surface area contributed by atoms with E-state index in [9.17, 15) is 20.1 Å². The van der Waals surface area contributed by atoms with Crippen molar-refractivity contribution in [2.75, 3.05) is 0 Å². The Kier molecular flexibility index (Phi) is 3.75. The topological polar surface area (TPSA) is 132 Å². The summed E-state index contributed by atoms with van der Waals surface area (Å²) < 4.78 is 10.6. The van der Waals surface area contributed by atoms with Gasteiger partial charge >= 0.3 is 5.97 Å². The molecule has 0 aliphatic carbocycles. The highest BCUT2D eigenvalue weighted by Gasteiger charge is 2.48. The van der Waals surface area contributed by atoms with E-state index in [0.717, 1.165) is 5.52 Å². The number of carboxylic acid groups (broad SMARTS) is 1. The summed E-state index contributed by atoms with van der Waals surface area (Å²) in [4.78, 5) is 14.0. The summed E-state index contributed by atoms with van der Waals surface area (Å²) in [6.07, 6.45) is -6.58. The molecular formula is C14H15NO7. The second kappa shape index (κ2) is 5.58. The average molecular weight is 309 g/mol. The van der Waals surface area contributed by atoms with Crippen LogP contribution in [0.3, 0.4) is 0 Å². The first-order chi connectivity index (χ1) is 10.5. The van der Waals surface area contributed by atoms with Gasteiger partial charge in [0.25, 0.3) is 0 Å². The Bertz CT molecular complexity index is 685. The van der Waals surface area contributed by atoms with Gasteiger partial charge in [0.15, 0.2) is 6.10 Å². The van der Waals surface area contributed by atoms with Crippen molar-refractivity contribution in [1.29, 1.82) is 0 Å². The average Bonchev–Trinajstić information content (AvgIpc) is 2.91. The number of rotatable bonds is 3. The SMILES string of the molecule is O=C(O)C1O[C@@H](Oc2c[nH]c3ccccc23)C(O)C(O)[C@@H]1O. The molecule has 1 aliphatic heterocycles. The maximum absolute atomic E-state index is 11.0. The van der Waals surface area contributed by atoms with Crippen molar-refractivity contribution >= 4 is 16.9 Å². The van der Waals surface area contributed by atoms with Gasteiger partial charge in [-0.25, -0.2) is 4.79 Å². The normalized spacial score (nSPS) is 32.0. The van der Waals surface area contributed by atoms with Crippen LogP contribution in [0.5, 0.6) is 5.75 Å². The molecule has 0 amide bonds. The number of carboxylic acids is 1. The van der Waals surface area contributed by atoms with Gasteiger partial charge in [-0.2, -0.15) is 0 Å². The van der Waals surface area contributed by atoms with Crippen LogP contribution in [0.25, 0.3) is 10.9 Å². The quantitative estimate of drug-likeness (QED) is 0.513. The number of benzene rings is 1. The monoisotopic (exact) mass is 309 g/mol. The molecule has 8 nitrogen and oxygen atoms in total. The van der Waals surface area contributed by atoms with Crippen LogP contribution in [-0.4, -0.2) is 62.1 Å². The molecule has 3 unspecified atom stereocenters. The first kappa shape index (κ1) is 14.8. The van der Waals surface area contributed by atoms with Crippen LogP contribution in [-0.2, 0) is 9.53 Å². The number of aromatic nitrogens is 1. The number of H-pyrrole nitrogens is 1. The van der Waals surface area contributed by atoms with Crippen LogP contribution >= 0.6 is 0 Å². The highest BCUT2D eigenvalue weighted by molar-refractivity contribution is 5.85. The fraction of sp³-hybridized carbons (Fsp3) is 0.357. The Balaban J connectivity index is 1.85. The predicted octanol–water partition coefficient (Wildman–Crippen LogP) is -0.561. The predicted molar refractivity (Wildman–Crippen MR) is 73.2 cm³/mol. The molecule has 0 spiro atoms. The van der Waals surface area contributed by atoms with Crippen LogP contribution in [0.2, 0.25) is 0 Å². The molecule has 2 aromatic rings. The summed E-state index contributed by atoms with van der Waals surface area (Å²) >= 11 is 0. The van der Waals surface area contributed by atoms with Gasteiger partial charge in [-0.3, -0.25) is 0 Å². The molecule has 1 aromatic carbocycles. The van der Waals surface area contributed by atoms with Crippen LogP contribution in [0.4, 0.5) is 0 Å². The highest BCUT2D eigenvalue weighted by Crippen LogP contribution is 2.29. The molecule has 1 aliphatic rings. The number of para-hydroxylation sites is 1. The molecule has 1 saturated heterocycles. The lowest BCUT2D eigenvalue weighted by Crippen LogP contribution is -2.61. The summed E-state index contributed by atoms with van der Waals surface area (Å²) in [7, 11) is 0. The maximum Gasteiger partial charge on any atom is 0.335 e. The van der Waals surface area contributed by atoms with E-state index >= 15 is 0 Å². The van der Waals surface area contributed by atoms with Crippen LogP contribution in [0.1, 0.15) is 0 Å². The maximum atomic E-state index is 11.0. The largest absolute Gasteiger partial charge is 0.479 e. The zero-order valence-electron chi connectivity index (χ0n) is 11.3. The zero-order valence-corrected chi connectivity index (χ0v) is 11.3. The molecule has 118 valence electrons. The third-order valence-corrected chi connectivity index (χ3v) is 3.61. The summed E-state index contributed by atoms with van der Waals surface area (Å²) in [5.74, 6) is -1.11. The van der Waals surface area contributed by atoms with E-state index in [0.29, 0.717) is 11.1 Å². The summed E-state index contributed by atoms with van der Waals surface area (Å²) in [5.41, 5.74) is 0.790. The molecule has 5 N–H and O–H groups in total. The highest BCUT2D eigenvalue weighted by atomic mass is 16.7. The van der Waals surface area contributed by atoms with Crippen molar-refractivity contribution < 1.29 is 34.7 Å². The lowest BCUT2D eigenvalue weighted by atomic mass is 9.99. The standard InChI is InChI=1S/C14H15NO7/c16-9-10(17)12(13(19)20)22-14(11(9)18)21-8-5-15-7-4-2-1-3-6(7)8/h1-5,9-12,14-18H,(H,19,20)/t9?,10-,11?,12?,14+/m0/s1. The fourth-order valence-corrected chi connectivity index (χ4v) is 2.42. The molecule has 1 aromatic heterocycles. The lowest BCUT2D eigenvalue weighted by Gasteiger charge is -2.38. The second-order valence-corrected chi connectivity index (χ2v) is 5.05. The van der Waals surface area contributed by atoms with Crippen molar-refractivity contribution in [2.24, 2.45) is 0 Å². The molecule has 0 saturated carbocycles. The van der Waals surface area contributed by atoms with E-state index in [1.807, 2.05) is 12.1 Å². The van der Waals surface area contributed by atoms with Crippen molar-refractivity contribution in [2.45, 2.75) is 30.7 Å². The minimum atomic E-state index is -1.74. The number of aliphatic hydroxyl groups is 3. The second-order valence-electron chi connectivity index (χ2n) is 5.05. The number of carbonyl (C=O) groups is 1.